The quantitative estimate of drug-likeness (QED) is 0.679. The molecule has 8 heteroatoms. The zero-order valence-electron chi connectivity index (χ0n) is 15.5. The number of nitrogens with zero attached hydrogens (tertiary/aromatic N) is 1. The fourth-order valence-corrected chi connectivity index (χ4v) is 3.42. The Morgan fingerprint density at radius 2 is 1.85 bits per heavy atom. The summed E-state index contributed by atoms with van der Waals surface area (Å²) in [6, 6.07) is 12.4. The van der Waals surface area contributed by atoms with Gasteiger partial charge in [-0.3, -0.25) is 9.10 Å². The maximum absolute atomic E-state index is 12.2. The highest BCUT2D eigenvalue weighted by Crippen LogP contribution is 2.24. The molecule has 6 nitrogen and oxygen atoms in total. The van der Waals surface area contributed by atoms with Crippen molar-refractivity contribution in [1.29, 1.82) is 0 Å². The smallest absolute Gasteiger partial charge is 0.240 e. The Morgan fingerprint density at radius 3 is 2.48 bits per heavy atom. The van der Waals surface area contributed by atoms with Gasteiger partial charge in [-0.25, -0.2) is 8.42 Å². The van der Waals surface area contributed by atoms with Gasteiger partial charge in [0.15, 0.2) is 0 Å². The van der Waals surface area contributed by atoms with Gasteiger partial charge in [-0.15, -0.1) is 0 Å². The Labute approximate surface area is 165 Å². The van der Waals surface area contributed by atoms with Crippen LogP contribution in [0.1, 0.15) is 11.1 Å². The van der Waals surface area contributed by atoms with Crippen molar-refractivity contribution in [2.75, 3.05) is 30.3 Å². The van der Waals surface area contributed by atoms with E-state index in [-0.39, 0.29) is 19.7 Å². The van der Waals surface area contributed by atoms with E-state index in [2.05, 4.69) is 5.32 Å². The summed E-state index contributed by atoms with van der Waals surface area (Å²) in [6.45, 7) is 3.97. The van der Waals surface area contributed by atoms with Crippen LogP contribution in [0.2, 0.25) is 5.02 Å². The zero-order chi connectivity index (χ0) is 20.0. The molecule has 0 saturated carbocycles. The predicted molar refractivity (Wildman–Crippen MR) is 108 cm³/mol. The standard InChI is InChI=1S/C19H23ClN2O4S/c1-14-8-9-16(12-17(14)20)22(27(3,24)25)13-19(23)21-10-11-26-18-7-5-4-6-15(18)2/h4-9,12H,10-11,13H2,1-3H3,(H,21,23). The van der Waals surface area contributed by atoms with Gasteiger partial charge in [0.05, 0.1) is 18.5 Å². The number of hydrogen-bond donors (Lipinski definition) is 1. The van der Waals surface area contributed by atoms with Crippen LogP contribution < -0.4 is 14.4 Å². The lowest BCUT2D eigenvalue weighted by molar-refractivity contribution is -0.119. The van der Waals surface area contributed by atoms with Gasteiger partial charge in [0.25, 0.3) is 0 Å². The number of sulfonamides is 1. The molecule has 0 aliphatic carbocycles. The van der Waals surface area contributed by atoms with Gasteiger partial charge < -0.3 is 10.1 Å². The van der Waals surface area contributed by atoms with Crippen LogP contribution in [0.25, 0.3) is 0 Å². The van der Waals surface area contributed by atoms with Crippen LogP contribution in [0.4, 0.5) is 5.69 Å². The molecule has 0 spiro atoms. The van der Waals surface area contributed by atoms with Crippen molar-refractivity contribution in [3.63, 3.8) is 0 Å². The van der Waals surface area contributed by atoms with Crippen LogP contribution >= 0.6 is 11.6 Å². The van der Waals surface area contributed by atoms with Gasteiger partial charge in [-0.05, 0) is 43.2 Å². The SMILES string of the molecule is Cc1ccc(N(CC(=O)NCCOc2ccccc2C)S(C)(=O)=O)cc1Cl. The van der Waals surface area contributed by atoms with Crippen LogP contribution in [0.3, 0.4) is 0 Å². The lowest BCUT2D eigenvalue weighted by Crippen LogP contribution is -2.41. The van der Waals surface area contributed by atoms with Crippen molar-refractivity contribution >= 4 is 33.2 Å². The number of aryl methyl sites for hydroxylation is 2. The van der Waals surface area contributed by atoms with Crippen molar-refractivity contribution in [3.05, 3.63) is 58.6 Å². The molecule has 0 bridgehead atoms. The number of halogens is 1. The summed E-state index contributed by atoms with van der Waals surface area (Å²) >= 11 is 6.08. The number of para-hydroxylation sites is 1. The lowest BCUT2D eigenvalue weighted by Gasteiger charge is -2.22. The number of ether oxygens (including phenoxy) is 1. The van der Waals surface area contributed by atoms with Crippen molar-refractivity contribution in [2.45, 2.75) is 13.8 Å². The van der Waals surface area contributed by atoms with Gasteiger partial charge in [0.1, 0.15) is 18.9 Å². The molecule has 0 heterocycles. The highest BCUT2D eigenvalue weighted by Gasteiger charge is 2.21. The maximum atomic E-state index is 12.2. The molecule has 0 saturated heterocycles. The van der Waals surface area contributed by atoms with E-state index in [9.17, 15) is 13.2 Å². The third-order valence-electron chi connectivity index (χ3n) is 3.91. The minimum atomic E-state index is -3.64. The highest BCUT2D eigenvalue weighted by atomic mass is 35.5. The first kappa shape index (κ1) is 21.1. The van der Waals surface area contributed by atoms with E-state index in [1.165, 1.54) is 6.07 Å². The Kier molecular flexibility index (Phi) is 7.10. The van der Waals surface area contributed by atoms with Crippen LogP contribution in [0.5, 0.6) is 5.75 Å². The van der Waals surface area contributed by atoms with Gasteiger partial charge >= 0.3 is 0 Å². The largest absolute Gasteiger partial charge is 0.491 e. The number of anilines is 1. The first-order valence-electron chi connectivity index (χ1n) is 8.37. The average Bonchev–Trinajstić information content (AvgIpc) is 2.59. The predicted octanol–water partition coefficient (Wildman–Crippen LogP) is 2.92. The molecule has 0 radical (unpaired) electrons. The van der Waals surface area contributed by atoms with E-state index in [4.69, 9.17) is 16.3 Å². The number of carbonyl (C=O) groups is 1. The van der Waals surface area contributed by atoms with E-state index < -0.39 is 15.9 Å². The molecule has 146 valence electrons. The lowest BCUT2D eigenvalue weighted by atomic mass is 10.2. The molecule has 2 rings (SSSR count). The molecule has 27 heavy (non-hydrogen) atoms. The summed E-state index contributed by atoms with van der Waals surface area (Å²) in [5, 5.41) is 3.11. The molecule has 1 N–H and O–H groups in total. The fourth-order valence-electron chi connectivity index (χ4n) is 2.39. The number of hydrogen-bond acceptors (Lipinski definition) is 4. The van der Waals surface area contributed by atoms with Crippen LogP contribution in [-0.2, 0) is 14.8 Å². The van der Waals surface area contributed by atoms with E-state index in [0.29, 0.717) is 10.7 Å². The molecule has 0 aromatic heterocycles. The van der Waals surface area contributed by atoms with E-state index in [1.807, 2.05) is 38.1 Å². The normalized spacial score (nSPS) is 11.1. The average molecular weight is 411 g/mol. The van der Waals surface area contributed by atoms with Crippen molar-refractivity contribution in [1.82, 2.24) is 5.32 Å². The van der Waals surface area contributed by atoms with Crippen molar-refractivity contribution in [2.24, 2.45) is 0 Å². The van der Waals surface area contributed by atoms with Crippen molar-refractivity contribution in [3.8, 4) is 5.75 Å². The summed E-state index contributed by atoms with van der Waals surface area (Å²) in [7, 11) is -3.64. The molecule has 0 aliphatic rings. The third-order valence-corrected chi connectivity index (χ3v) is 5.45. The fraction of sp³-hybridized carbons (Fsp3) is 0.316. The molecule has 2 aromatic rings. The highest BCUT2D eigenvalue weighted by molar-refractivity contribution is 7.92. The van der Waals surface area contributed by atoms with Gasteiger partial charge in [-0.1, -0.05) is 35.9 Å². The number of nitrogens with one attached hydrogen (secondary N) is 1. The monoisotopic (exact) mass is 410 g/mol. The first-order valence-corrected chi connectivity index (χ1v) is 10.6. The Balaban J connectivity index is 1.94. The summed E-state index contributed by atoms with van der Waals surface area (Å²) in [5.41, 5.74) is 2.18. The summed E-state index contributed by atoms with van der Waals surface area (Å²) in [5.74, 6) is 0.323. The molecule has 0 fully saturated rings. The van der Waals surface area contributed by atoms with Crippen LogP contribution in [0.15, 0.2) is 42.5 Å². The Morgan fingerprint density at radius 1 is 1.15 bits per heavy atom. The second-order valence-corrected chi connectivity index (χ2v) is 8.48. The molecular weight excluding hydrogens is 388 g/mol. The number of carbonyl (C=O) groups excluding carboxylic acids is 1. The summed E-state index contributed by atoms with van der Waals surface area (Å²) in [6.07, 6.45) is 1.05. The molecule has 0 unspecified atom stereocenters. The second kappa shape index (κ2) is 9.10. The molecular formula is C19H23ClN2O4S. The molecule has 1 amide bonds. The topological polar surface area (TPSA) is 75.7 Å². The van der Waals surface area contributed by atoms with Crippen LogP contribution in [0, 0.1) is 13.8 Å². The molecule has 0 aliphatic heterocycles. The van der Waals surface area contributed by atoms with E-state index in [1.54, 1.807) is 12.1 Å². The maximum Gasteiger partial charge on any atom is 0.240 e. The van der Waals surface area contributed by atoms with E-state index in [0.717, 1.165) is 27.4 Å². The first-order chi connectivity index (χ1) is 12.7. The second-order valence-electron chi connectivity index (χ2n) is 6.17. The van der Waals surface area contributed by atoms with Crippen LogP contribution in [-0.4, -0.2) is 40.3 Å². The van der Waals surface area contributed by atoms with Gasteiger partial charge in [0, 0.05) is 5.02 Å². The zero-order valence-corrected chi connectivity index (χ0v) is 17.1. The third kappa shape index (κ3) is 6.15. The number of amides is 1. The number of rotatable bonds is 8. The summed E-state index contributed by atoms with van der Waals surface area (Å²) in [4.78, 5) is 12.2. The molecule has 2 aromatic carbocycles. The number of benzene rings is 2. The molecule has 0 atom stereocenters. The Hall–Kier alpha value is -2.25. The minimum absolute atomic E-state index is 0.263. The van der Waals surface area contributed by atoms with Gasteiger partial charge in [0.2, 0.25) is 15.9 Å². The Bertz CT molecular complexity index is 916. The van der Waals surface area contributed by atoms with Gasteiger partial charge in [-0.2, -0.15) is 0 Å². The van der Waals surface area contributed by atoms with E-state index >= 15 is 0 Å². The summed E-state index contributed by atoms with van der Waals surface area (Å²) < 4.78 is 30.8. The van der Waals surface area contributed by atoms with Crippen molar-refractivity contribution < 1.29 is 17.9 Å². The minimum Gasteiger partial charge on any atom is -0.491 e.